The number of rotatable bonds is 2. The highest BCUT2D eigenvalue weighted by Crippen LogP contribution is 2.19. The fourth-order valence-electron chi connectivity index (χ4n) is 2.01. The second-order valence-electron chi connectivity index (χ2n) is 3.97. The molecule has 16 heavy (non-hydrogen) atoms. The zero-order chi connectivity index (χ0) is 11.5. The molecule has 0 saturated carbocycles. The van der Waals surface area contributed by atoms with Gasteiger partial charge in [-0.3, -0.25) is 4.79 Å². The molecule has 84 valence electrons. The number of hydrogen-bond donors (Lipinski definition) is 1. The molecule has 0 fully saturated rings. The average molecular weight is 219 g/mol. The predicted molar refractivity (Wildman–Crippen MR) is 58.2 cm³/mol. The summed E-state index contributed by atoms with van der Waals surface area (Å²) in [5, 5.41) is 8.90. The average Bonchev–Trinajstić information content (AvgIpc) is 2.49. The van der Waals surface area contributed by atoms with Crippen molar-refractivity contribution in [2.24, 2.45) is 0 Å². The van der Waals surface area contributed by atoms with E-state index < -0.39 is 5.97 Å². The molecule has 1 N–H and O–H groups in total. The maximum atomic E-state index is 10.8. The largest absolute Gasteiger partial charge is 0.478 e. The first-order valence-corrected chi connectivity index (χ1v) is 5.25. The molecule has 0 spiro atoms. The van der Waals surface area contributed by atoms with Crippen molar-refractivity contribution in [1.82, 2.24) is 4.90 Å². The highest BCUT2D eigenvalue weighted by Gasteiger charge is 2.14. The van der Waals surface area contributed by atoms with E-state index in [2.05, 4.69) is 0 Å². The van der Waals surface area contributed by atoms with E-state index >= 15 is 0 Å². The van der Waals surface area contributed by atoms with Gasteiger partial charge in [-0.2, -0.15) is 0 Å². The number of carboxylic acid groups (broad SMARTS) is 1. The molecule has 0 aliphatic carbocycles. The Morgan fingerprint density at radius 1 is 1.38 bits per heavy atom. The summed E-state index contributed by atoms with van der Waals surface area (Å²) in [5.74, 6) is -0.926. The minimum atomic E-state index is -0.926. The minimum Gasteiger partial charge on any atom is -0.478 e. The Labute approximate surface area is 93.5 Å². The first kappa shape index (κ1) is 10.7. The molecule has 1 aromatic rings. The maximum absolute atomic E-state index is 10.8. The fraction of sp³-hybridized carbons (Fsp3) is 0.333. The second kappa shape index (κ2) is 4.35. The van der Waals surface area contributed by atoms with Crippen LogP contribution >= 0.6 is 0 Å². The van der Waals surface area contributed by atoms with Gasteiger partial charge in [0.15, 0.2) is 0 Å². The van der Waals surface area contributed by atoms with E-state index in [0.29, 0.717) is 6.54 Å². The molecule has 0 saturated heterocycles. The van der Waals surface area contributed by atoms with E-state index in [0.717, 1.165) is 36.9 Å². The number of fused-ring (bicyclic) bond motifs is 1. The van der Waals surface area contributed by atoms with Crippen molar-refractivity contribution in [3.8, 4) is 0 Å². The number of carbonyl (C=O) groups excluding carboxylic acids is 1. The summed E-state index contributed by atoms with van der Waals surface area (Å²) >= 11 is 0. The SMILES string of the molecule is O=CN1CCCc2ccc(C(=O)O)cc2C1. The van der Waals surface area contributed by atoms with Crippen LogP contribution in [0.5, 0.6) is 0 Å². The molecule has 1 aliphatic rings. The van der Waals surface area contributed by atoms with Gasteiger partial charge in [0.2, 0.25) is 6.41 Å². The zero-order valence-corrected chi connectivity index (χ0v) is 8.85. The Kier molecular flexibility index (Phi) is 2.90. The van der Waals surface area contributed by atoms with Crippen molar-refractivity contribution in [3.05, 3.63) is 34.9 Å². The van der Waals surface area contributed by atoms with Crippen LogP contribution in [0.3, 0.4) is 0 Å². The van der Waals surface area contributed by atoms with E-state index in [1.165, 1.54) is 0 Å². The van der Waals surface area contributed by atoms with Crippen LogP contribution in [0.4, 0.5) is 0 Å². The van der Waals surface area contributed by atoms with Crippen LogP contribution < -0.4 is 0 Å². The van der Waals surface area contributed by atoms with Crippen LogP contribution in [0.15, 0.2) is 18.2 Å². The first-order chi connectivity index (χ1) is 7.70. The Balaban J connectivity index is 2.36. The molecule has 1 aromatic carbocycles. The number of carboxylic acids is 1. The van der Waals surface area contributed by atoms with Crippen LogP contribution in [0, 0.1) is 0 Å². The summed E-state index contributed by atoms with van der Waals surface area (Å²) in [6.45, 7) is 1.25. The first-order valence-electron chi connectivity index (χ1n) is 5.25. The highest BCUT2D eigenvalue weighted by molar-refractivity contribution is 5.87. The summed E-state index contributed by atoms with van der Waals surface area (Å²) in [5.41, 5.74) is 2.38. The van der Waals surface area contributed by atoms with E-state index in [-0.39, 0.29) is 5.56 Å². The maximum Gasteiger partial charge on any atom is 0.335 e. The van der Waals surface area contributed by atoms with Crippen molar-refractivity contribution in [3.63, 3.8) is 0 Å². The van der Waals surface area contributed by atoms with Crippen LogP contribution in [0.1, 0.15) is 27.9 Å². The summed E-state index contributed by atoms with van der Waals surface area (Å²) in [4.78, 5) is 23.3. The van der Waals surface area contributed by atoms with Crippen LogP contribution in [0.2, 0.25) is 0 Å². The predicted octanol–water partition coefficient (Wildman–Crippen LogP) is 1.29. The summed E-state index contributed by atoms with van der Waals surface area (Å²) in [6.07, 6.45) is 2.65. The molecule has 0 unspecified atom stereocenters. The Hall–Kier alpha value is -1.84. The van der Waals surface area contributed by atoms with Crippen molar-refractivity contribution < 1.29 is 14.7 Å². The van der Waals surface area contributed by atoms with Crippen molar-refractivity contribution in [2.75, 3.05) is 6.54 Å². The lowest BCUT2D eigenvalue weighted by molar-refractivity contribution is -0.118. The smallest absolute Gasteiger partial charge is 0.335 e. The van der Waals surface area contributed by atoms with E-state index in [1.54, 1.807) is 17.0 Å². The Bertz CT molecular complexity index is 428. The summed E-state index contributed by atoms with van der Waals surface area (Å²) in [7, 11) is 0. The molecule has 1 aliphatic heterocycles. The number of amides is 1. The van der Waals surface area contributed by atoms with Crippen molar-refractivity contribution in [2.45, 2.75) is 19.4 Å². The number of aromatic carboxylic acids is 1. The molecular weight excluding hydrogens is 206 g/mol. The van der Waals surface area contributed by atoms with Gasteiger partial charge in [-0.25, -0.2) is 4.79 Å². The molecule has 0 aromatic heterocycles. The third-order valence-corrected chi connectivity index (χ3v) is 2.87. The minimum absolute atomic E-state index is 0.284. The van der Waals surface area contributed by atoms with Gasteiger partial charge in [0, 0.05) is 13.1 Å². The number of hydrogen-bond acceptors (Lipinski definition) is 2. The Morgan fingerprint density at radius 2 is 2.19 bits per heavy atom. The lowest BCUT2D eigenvalue weighted by Crippen LogP contribution is -2.21. The van der Waals surface area contributed by atoms with Gasteiger partial charge in [0.1, 0.15) is 0 Å². The van der Waals surface area contributed by atoms with E-state index in [9.17, 15) is 9.59 Å². The van der Waals surface area contributed by atoms with Gasteiger partial charge in [0.25, 0.3) is 0 Å². The third-order valence-electron chi connectivity index (χ3n) is 2.87. The van der Waals surface area contributed by atoms with E-state index in [4.69, 9.17) is 5.11 Å². The van der Waals surface area contributed by atoms with Crippen molar-refractivity contribution in [1.29, 1.82) is 0 Å². The number of carbonyl (C=O) groups is 2. The van der Waals surface area contributed by atoms with Gasteiger partial charge >= 0.3 is 5.97 Å². The Morgan fingerprint density at radius 3 is 2.88 bits per heavy atom. The van der Waals surface area contributed by atoms with Crippen LogP contribution in [-0.4, -0.2) is 28.9 Å². The van der Waals surface area contributed by atoms with Gasteiger partial charge in [-0.15, -0.1) is 0 Å². The molecule has 0 radical (unpaired) electrons. The van der Waals surface area contributed by atoms with Crippen molar-refractivity contribution >= 4 is 12.4 Å². The number of nitrogens with zero attached hydrogens (tertiary/aromatic N) is 1. The molecule has 2 rings (SSSR count). The normalized spacial score (nSPS) is 15.1. The second-order valence-corrected chi connectivity index (χ2v) is 3.97. The standard InChI is InChI=1S/C12H13NO3/c14-8-13-5-1-2-9-3-4-10(12(15)16)6-11(9)7-13/h3-4,6,8H,1-2,5,7H2,(H,15,16). The molecule has 4 heteroatoms. The fourth-order valence-corrected chi connectivity index (χ4v) is 2.01. The van der Waals surface area contributed by atoms with Gasteiger partial charge < -0.3 is 10.0 Å². The lowest BCUT2D eigenvalue weighted by atomic mass is 10.0. The van der Waals surface area contributed by atoms with Crippen LogP contribution in [0.25, 0.3) is 0 Å². The molecule has 0 bridgehead atoms. The highest BCUT2D eigenvalue weighted by atomic mass is 16.4. The van der Waals surface area contributed by atoms with Gasteiger partial charge in [-0.05, 0) is 36.1 Å². The monoisotopic (exact) mass is 219 g/mol. The lowest BCUT2D eigenvalue weighted by Gasteiger charge is -2.14. The molecule has 0 atom stereocenters. The summed E-state index contributed by atoms with van der Waals surface area (Å²) < 4.78 is 0. The van der Waals surface area contributed by atoms with Gasteiger partial charge in [-0.1, -0.05) is 6.07 Å². The molecule has 1 heterocycles. The molecule has 1 amide bonds. The summed E-state index contributed by atoms with van der Waals surface area (Å²) in [6, 6.07) is 5.14. The molecule has 4 nitrogen and oxygen atoms in total. The van der Waals surface area contributed by atoms with Gasteiger partial charge in [0.05, 0.1) is 5.56 Å². The topological polar surface area (TPSA) is 57.6 Å². The quantitative estimate of drug-likeness (QED) is 0.762. The van der Waals surface area contributed by atoms with E-state index in [1.807, 2.05) is 6.07 Å². The van der Waals surface area contributed by atoms with Crippen LogP contribution in [-0.2, 0) is 17.8 Å². The number of aryl methyl sites for hydroxylation is 1. The third kappa shape index (κ3) is 2.05. The molecular formula is C12H13NO3. The zero-order valence-electron chi connectivity index (χ0n) is 8.85. The number of benzene rings is 1.